The fraction of sp³-hybridized carbons (Fsp3) is 0.333. The molecule has 80 valence electrons. The summed E-state index contributed by atoms with van der Waals surface area (Å²) in [5.41, 5.74) is 0. The highest BCUT2D eigenvalue weighted by atomic mass is 79.9. The Morgan fingerprint density at radius 1 is 1.40 bits per heavy atom. The van der Waals surface area contributed by atoms with Gasteiger partial charge in [-0.15, -0.1) is 11.3 Å². The average molecular weight is 284 g/mol. The predicted octanol–water partition coefficient (Wildman–Crippen LogP) is 3.81. The molecule has 1 unspecified atom stereocenters. The van der Waals surface area contributed by atoms with Crippen LogP contribution in [0.1, 0.15) is 11.8 Å². The maximum atomic E-state index is 3.50. The molecule has 0 saturated heterocycles. The van der Waals surface area contributed by atoms with E-state index in [1.165, 1.54) is 15.0 Å². The molecule has 0 aliphatic heterocycles. The molecule has 3 heteroatoms. The second kappa shape index (κ2) is 4.64. The van der Waals surface area contributed by atoms with Gasteiger partial charge in [-0.1, -0.05) is 22.0 Å². The van der Waals surface area contributed by atoms with Crippen molar-refractivity contribution in [1.82, 2.24) is 5.32 Å². The third kappa shape index (κ3) is 2.60. The smallest absolute Gasteiger partial charge is 0.0356 e. The van der Waals surface area contributed by atoms with Gasteiger partial charge in [0, 0.05) is 20.1 Å². The molecule has 1 N–H and O–H groups in total. The predicted molar refractivity (Wildman–Crippen MR) is 71.8 cm³/mol. The van der Waals surface area contributed by atoms with Crippen LogP contribution in [0.4, 0.5) is 0 Å². The van der Waals surface area contributed by atoms with E-state index in [0.717, 1.165) is 10.9 Å². The lowest BCUT2D eigenvalue weighted by atomic mass is 10.2. The second-order valence-corrected chi connectivity index (χ2v) is 5.87. The van der Waals surface area contributed by atoms with E-state index in [-0.39, 0.29) is 0 Å². The molecule has 0 fully saturated rings. The standard InChI is InChI=1S/C12H14BrNS/c1-8(14-2)5-11-6-9-3-4-10(13)7-12(9)15-11/h3-4,6-8,14H,5H2,1-2H3. The Morgan fingerprint density at radius 3 is 2.93 bits per heavy atom. The Balaban J connectivity index is 2.30. The first-order valence-electron chi connectivity index (χ1n) is 5.04. The number of likely N-dealkylation sites (N-methyl/N-ethyl adjacent to an activating group) is 1. The van der Waals surface area contributed by atoms with Crippen LogP contribution in [0.3, 0.4) is 0 Å². The quantitative estimate of drug-likeness (QED) is 0.903. The Labute approximate surface area is 103 Å². The van der Waals surface area contributed by atoms with Crippen molar-refractivity contribution in [3.63, 3.8) is 0 Å². The van der Waals surface area contributed by atoms with Crippen LogP contribution in [-0.4, -0.2) is 13.1 Å². The molecule has 1 aromatic heterocycles. The van der Waals surface area contributed by atoms with Gasteiger partial charge in [0.25, 0.3) is 0 Å². The molecule has 0 amide bonds. The monoisotopic (exact) mass is 283 g/mol. The fourth-order valence-corrected chi connectivity index (χ4v) is 3.31. The zero-order valence-electron chi connectivity index (χ0n) is 8.88. The average Bonchev–Trinajstić information content (AvgIpc) is 2.59. The molecule has 0 aliphatic carbocycles. The molecule has 0 radical (unpaired) electrons. The Hall–Kier alpha value is -0.380. The molecule has 1 heterocycles. The molecule has 2 aromatic rings. The van der Waals surface area contributed by atoms with Gasteiger partial charge in [0.2, 0.25) is 0 Å². The number of hydrogen-bond acceptors (Lipinski definition) is 2. The molecule has 0 spiro atoms. The lowest BCUT2D eigenvalue weighted by molar-refractivity contribution is 0.613. The minimum absolute atomic E-state index is 0.543. The van der Waals surface area contributed by atoms with Crippen LogP contribution in [-0.2, 0) is 6.42 Å². The van der Waals surface area contributed by atoms with Gasteiger partial charge in [-0.3, -0.25) is 0 Å². The van der Waals surface area contributed by atoms with Gasteiger partial charge in [-0.25, -0.2) is 0 Å². The topological polar surface area (TPSA) is 12.0 Å². The van der Waals surface area contributed by atoms with E-state index >= 15 is 0 Å². The molecule has 1 nitrogen and oxygen atoms in total. The molecule has 1 atom stereocenters. The fourth-order valence-electron chi connectivity index (χ4n) is 1.56. The molecular weight excluding hydrogens is 270 g/mol. The number of thiophene rings is 1. The van der Waals surface area contributed by atoms with Crippen LogP contribution in [0.2, 0.25) is 0 Å². The van der Waals surface area contributed by atoms with E-state index in [9.17, 15) is 0 Å². The highest BCUT2D eigenvalue weighted by Crippen LogP contribution is 2.28. The van der Waals surface area contributed by atoms with E-state index in [1.54, 1.807) is 0 Å². The van der Waals surface area contributed by atoms with E-state index in [0.29, 0.717) is 6.04 Å². The van der Waals surface area contributed by atoms with E-state index in [4.69, 9.17) is 0 Å². The molecule has 0 saturated carbocycles. The van der Waals surface area contributed by atoms with Gasteiger partial charge >= 0.3 is 0 Å². The van der Waals surface area contributed by atoms with Gasteiger partial charge < -0.3 is 5.32 Å². The Morgan fingerprint density at radius 2 is 2.20 bits per heavy atom. The summed E-state index contributed by atoms with van der Waals surface area (Å²) in [6.07, 6.45) is 1.10. The number of halogens is 1. The van der Waals surface area contributed by atoms with Crippen LogP contribution < -0.4 is 5.32 Å². The maximum absolute atomic E-state index is 3.50. The van der Waals surface area contributed by atoms with Gasteiger partial charge in [0.05, 0.1) is 0 Å². The summed E-state index contributed by atoms with van der Waals surface area (Å²) in [7, 11) is 2.01. The Bertz CT molecular complexity index is 464. The third-order valence-electron chi connectivity index (χ3n) is 2.53. The van der Waals surface area contributed by atoms with Crippen molar-refractivity contribution in [3.8, 4) is 0 Å². The molecule has 15 heavy (non-hydrogen) atoms. The maximum Gasteiger partial charge on any atom is 0.0356 e. The van der Waals surface area contributed by atoms with Gasteiger partial charge in [-0.2, -0.15) is 0 Å². The largest absolute Gasteiger partial charge is 0.317 e. The third-order valence-corrected chi connectivity index (χ3v) is 4.15. The van der Waals surface area contributed by atoms with E-state index < -0.39 is 0 Å². The summed E-state index contributed by atoms with van der Waals surface area (Å²) in [4.78, 5) is 1.45. The van der Waals surface area contributed by atoms with E-state index in [2.05, 4.69) is 52.4 Å². The second-order valence-electron chi connectivity index (χ2n) is 3.79. The van der Waals surface area contributed by atoms with Crippen molar-refractivity contribution in [2.45, 2.75) is 19.4 Å². The van der Waals surface area contributed by atoms with E-state index in [1.807, 2.05) is 18.4 Å². The van der Waals surface area contributed by atoms with Crippen LogP contribution >= 0.6 is 27.3 Å². The van der Waals surface area contributed by atoms with Gasteiger partial charge in [0.15, 0.2) is 0 Å². The lowest BCUT2D eigenvalue weighted by Gasteiger charge is -2.06. The molecule has 1 aromatic carbocycles. The summed E-state index contributed by atoms with van der Waals surface area (Å²) in [6, 6.07) is 9.29. The molecule has 2 rings (SSSR count). The Kier molecular flexibility index (Phi) is 3.44. The summed E-state index contributed by atoms with van der Waals surface area (Å²) in [5, 5.41) is 4.62. The number of rotatable bonds is 3. The SMILES string of the molecule is CNC(C)Cc1cc2ccc(Br)cc2s1. The minimum atomic E-state index is 0.543. The first-order chi connectivity index (χ1) is 7.19. The highest BCUT2D eigenvalue weighted by Gasteiger charge is 2.05. The van der Waals surface area contributed by atoms with Gasteiger partial charge in [0.1, 0.15) is 0 Å². The zero-order chi connectivity index (χ0) is 10.8. The molecule has 0 bridgehead atoms. The highest BCUT2D eigenvalue weighted by molar-refractivity contribution is 9.10. The number of hydrogen-bond donors (Lipinski definition) is 1. The van der Waals surface area contributed by atoms with Crippen molar-refractivity contribution in [2.24, 2.45) is 0 Å². The van der Waals surface area contributed by atoms with Crippen molar-refractivity contribution in [1.29, 1.82) is 0 Å². The van der Waals surface area contributed by atoms with Crippen molar-refractivity contribution in [2.75, 3.05) is 7.05 Å². The summed E-state index contributed by atoms with van der Waals surface area (Å²) in [5.74, 6) is 0. The van der Waals surface area contributed by atoms with Crippen LogP contribution in [0.5, 0.6) is 0 Å². The van der Waals surface area contributed by atoms with Crippen molar-refractivity contribution >= 4 is 37.4 Å². The number of fused-ring (bicyclic) bond motifs is 1. The zero-order valence-corrected chi connectivity index (χ0v) is 11.3. The van der Waals surface area contributed by atoms with Crippen molar-refractivity contribution < 1.29 is 0 Å². The van der Waals surface area contributed by atoms with Gasteiger partial charge in [-0.05, 0) is 44.0 Å². The first-order valence-corrected chi connectivity index (χ1v) is 6.65. The number of nitrogens with one attached hydrogen (secondary N) is 1. The summed E-state index contributed by atoms with van der Waals surface area (Å²) in [6.45, 7) is 2.21. The number of benzene rings is 1. The minimum Gasteiger partial charge on any atom is -0.317 e. The van der Waals surface area contributed by atoms with Crippen LogP contribution in [0.15, 0.2) is 28.7 Å². The van der Waals surface area contributed by atoms with Crippen molar-refractivity contribution in [3.05, 3.63) is 33.6 Å². The molecular formula is C12H14BrNS. The normalized spacial score (nSPS) is 13.3. The first kappa shape index (κ1) is 11.1. The van der Waals surface area contributed by atoms with Crippen LogP contribution in [0.25, 0.3) is 10.1 Å². The van der Waals surface area contributed by atoms with Crippen LogP contribution in [0, 0.1) is 0 Å². The summed E-state index contributed by atoms with van der Waals surface area (Å²) >= 11 is 5.39. The lowest BCUT2D eigenvalue weighted by Crippen LogP contribution is -2.22. The molecule has 0 aliphatic rings. The summed E-state index contributed by atoms with van der Waals surface area (Å²) < 4.78 is 2.52.